The molecule has 3 amide bonds. The summed E-state index contributed by atoms with van der Waals surface area (Å²) < 4.78 is 0. The number of hydrogen-bond donors (Lipinski definition) is 2. The summed E-state index contributed by atoms with van der Waals surface area (Å²) in [6.07, 6.45) is 7.27. The number of hydrogen-bond acceptors (Lipinski definition) is 3. The van der Waals surface area contributed by atoms with E-state index in [-0.39, 0.29) is 30.6 Å². The summed E-state index contributed by atoms with van der Waals surface area (Å²) in [5, 5.41) is 5.68. The largest absolute Gasteiger partial charge is 0.335 e. The van der Waals surface area contributed by atoms with Gasteiger partial charge in [0.2, 0.25) is 5.91 Å². The molecule has 0 saturated heterocycles. The normalized spacial score (nSPS) is 15.5. The number of nitrogens with one attached hydrogen (secondary N) is 2. The van der Waals surface area contributed by atoms with E-state index in [1.165, 1.54) is 6.42 Å². The van der Waals surface area contributed by atoms with E-state index in [1.54, 1.807) is 18.1 Å². The second kappa shape index (κ2) is 9.88. The molecule has 0 unspecified atom stereocenters. The van der Waals surface area contributed by atoms with Gasteiger partial charge < -0.3 is 15.5 Å². The molecule has 0 spiro atoms. The van der Waals surface area contributed by atoms with Crippen LogP contribution in [0.15, 0.2) is 54.7 Å². The van der Waals surface area contributed by atoms with Gasteiger partial charge in [-0.05, 0) is 30.5 Å². The first-order valence-corrected chi connectivity index (χ1v) is 9.91. The van der Waals surface area contributed by atoms with Crippen LogP contribution in [0.4, 0.5) is 4.79 Å². The van der Waals surface area contributed by atoms with E-state index < -0.39 is 0 Å². The number of nitrogens with zero attached hydrogens (tertiary/aromatic N) is 2. The molecule has 1 fully saturated rings. The molecule has 1 atom stereocenters. The minimum Gasteiger partial charge on any atom is -0.335 e. The highest BCUT2D eigenvalue weighted by atomic mass is 16.2. The van der Waals surface area contributed by atoms with Gasteiger partial charge in [0, 0.05) is 19.3 Å². The van der Waals surface area contributed by atoms with Crippen molar-refractivity contribution in [3.63, 3.8) is 0 Å². The molecule has 148 valence electrons. The van der Waals surface area contributed by atoms with Crippen molar-refractivity contribution >= 4 is 11.9 Å². The first kappa shape index (κ1) is 19.9. The third kappa shape index (κ3) is 5.31. The van der Waals surface area contributed by atoms with E-state index in [0.717, 1.165) is 36.9 Å². The molecule has 3 rings (SSSR count). The Morgan fingerprint density at radius 2 is 1.79 bits per heavy atom. The summed E-state index contributed by atoms with van der Waals surface area (Å²) in [5.74, 6) is -0.168. The van der Waals surface area contributed by atoms with Crippen LogP contribution in [-0.4, -0.2) is 41.5 Å². The summed E-state index contributed by atoms with van der Waals surface area (Å²) in [7, 11) is 1.75. The van der Waals surface area contributed by atoms with Crippen molar-refractivity contribution in [1.29, 1.82) is 0 Å². The lowest BCUT2D eigenvalue weighted by molar-refractivity contribution is -0.130. The van der Waals surface area contributed by atoms with Gasteiger partial charge in [0.1, 0.15) is 0 Å². The summed E-state index contributed by atoms with van der Waals surface area (Å²) in [6, 6.07) is 15.1. The molecule has 6 nitrogen and oxygen atoms in total. The summed E-state index contributed by atoms with van der Waals surface area (Å²) in [5.41, 5.74) is 1.76. The number of rotatable bonds is 6. The fraction of sp³-hybridized carbons (Fsp3) is 0.409. The highest BCUT2D eigenvalue weighted by molar-refractivity contribution is 5.84. The van der Waals surface area contributed by atoms with Gasteiger partial charge in [-0.3, -0.25) is 9.78 Å². The maximum atomic E-state index is 12.8. The van der Waals surface area contributed by atoms with Crippen molar-refractivity contribution < 1.29 is 9.59 Å². The van der Waals surface area contributed by atoms with Crippen LogP contribution in [0.25, 0.3) is 0 Å². The summed E-state index contributed by atoms with van der Waals surface area (Å²) in [4.78, 5) is 31.0. The zero-order valence-corrected chi connectivity index (χ0v) is 16.3. The predicted molar refractivity (Wildman–Crippen MR) is 109 cm³/mol. The molecule has 0 bridgehead atoms. The van der Waals surface area contributed by atoms with Crippen LogP contribution in [0.3, 0.4) is 0 Å². The van der Waals surface area contributed by atoms with Gasteiger partial charge in [0.05, 0.1) is 18.3 Å². The number of benzene rings is 1. The van der Waals surface area contributed by atoms with E-state index in [4.69, 9.17) is 0 Å². The van der Waals surface area contributed by atoms with Crippen LogP contribution >= 0.6 is 0 Å². The zero-order chi connectivity index (χ0) is 19.8. The third-order valence-electron chi connectivity index (χ3n) is 5.20. The SMILES string of the molecule is CN(C(=O)CNC(=O)NC1CCCCC1)[C@@H](c1ccccc1)c1ccccn1. The van der Waals surface area contributed by atoms with Crippen molar-refractivity contribution in [2.24, 2.45) is 0 Å². The van der Waals surface area contributed by atoms with Crippen LogP contribution in [-0.2, 0) is 4.79 Å². The number of pyridine rings is 1. The molecular weight excluding hydrogens is 352 g/mol. The Kier molecular flexibility index (Phi) is 7.00. The maximum Gasteiger partial charge on any atom is 0.315 e. The highest BCUT2D eigenvalue weighted by Crippen LogP contribution is 2.25. The Balaban J connectivity index is 1.62. The number of carbonyl (C=O) groups excluding carboxylic acids is 2. The van der Waals surface area contributed by atoms with E-state index in [2.05, 4.69) is 15.6 Å². The fourth-order valence-corrected chi connectivity index (χ4v) is 3.67. The van der Waals surface area contributed by atoms with Gasteiger partial charge >= 0.3 is 6.03 Å². The van der Waals surface area contributed by atoms with Crippen LogP contribution in [0.1, 0.15) is 49.4 Å². The first-order valence-electron chi connectivity index (χ1n) is 9.91. The minimum absolute atomic E-state index is 0.0504. The number of likely N-dealkylation sites (N-methyl/N-ethyl adjacent to an activating group) is 1. The second-order valence-corrected chi connectivity index (χ2v) is 7.23. The number of urea groups is 1. The molecule has 0 radical (unpaired) electrons. The zero-order valence-electron chi connectivity index (χ0n) is 16.3. The number of carbonyl (C=O) groups is 2. The Morgan fingerprint density at radius 1 is 1.07 bits per heavy atom. The average Bonchev–Trinajstić information content (AvgIpc) is 2.74. The molecule has 0 aliphatic heterocycles. The smallest absolute Gasteiger partial charge is 0.315 e. The molecule has 1 aliphatic carbocycles. The average molecular weight is 380 g/mol. The Hall–Kier alpha value is -2.89. The molecule has 28 heavy (non-hydrogen) atoms. The van der Waals surface area contributed by atoms with Crippen LogP contribution in [0, 0.1) is 0 Å². The lowest BCUT2D eigenvalue weighted by Gasteiger charge is -2.29. The topological polar surface area (TPSA) is 74.3 Å². The highest BCUT2D eigenvalue weighted by Gasteiger charge is 2.25. The van der Waals surface area contributed by atoms with Gasteiger partial charge in [-0.1, -0.05) is 55.7 Å². The number of aromatic nitrogens is 1. The molecule has 1 saturated carbocycles. The Morgan fingerprint density at radius 3 is 2.46 bits per heavy atom. The number of amides is 3. The molecule has 1 aromatic carbocycles. The quantitative estimate of drug-likeness (QED) is 0.808. The summed E-state index contributed by atoms with van der Waals surface area (Å²) >= 11 is 0. The van der Waals surface area contributed by atoms with Crippen molar-refractivity contribution in [1.82, 2.24) is 20.5 Å². The van der Waals surface area contributed by atoms with E-state index in [1.807, 2.05) is 48.5 Å². The van der Waals surface area contributed by atoms with Crippen molar-refractivity contribution in [3.8, 4) is 0 Å². The van der Waals surface area contributed by atoms with Gasteiger partial charge in [-0.15, -0.1) is 0 Å². The summed E-state index contributed by atoms with van der Waals surface area (Å²) in [6.45, 7) is -0.0504. The fourth-order valence-electron chi connectivity index (χ4n) is 3.67. The maximum absolute atomic E-state index is 12.8. The Labute approximate surface area is 166 Å². The molecule has 2 aromatic rings. The van der Waals surface area contributed by atoms with E-state index >= 15 is 0 Å². The van der Waals surface area contributed by atoms with Crippen LogP contribution < -0.4 is 10.6 Å². The first-order chi connectivity index (χ1) is 13.6. The van der Waals surface area contributed by atoms with Gasteiger partial charge in [0.15, 0.2) is 0 Å². The van der Waals surface area contributed by atoms with Crippen molar-refractivity contribution in [2.75, 3.05) is 13.6 Å². The van der Waals surface area contributed by atoms with Crippen LogP contribution in [0.5, 0.6) is 0 Å². The lowest BCUT2D eigenvalue weighted by atomic mass is 9.96. The van der Waals surface area contributed by atoms with Crippen molar-refractivity contribution in [3.05, 3.63) is 66.0 Å². The minimum atomic E-state index is -0.307. The predicted octanol–water partition coefficient (Wildman–Crippen LogP) is 3.26. The van der Waals surface area contributed by atoms with Gasteiger partial charge in [-0.25, -0.2) is 4.79 Å². The van der Waals surface area contributed by atoms with Crippen LogP contribution in [0.2, 0.25) is 0 Å². The van der Waals surface area contributed by atoms with Crippen molar-refractivity contribution in [2.45, 2.75) is 44.2 Å². The van der Waals surface area contributed by atoms with Gasteiger partial charge in [0.25, 0.3) is 0 Å². The molecule has 1 heterocycles. The van der Waals surface area contributed by atoms with E-state index in [9.17, 15) is 9.59 Å². The standard InChI is InChI=1S/C22H28N4O2/c1-26(20(27)16-24-22(28)25-18-12-6-3-7-13-18)21(17-10-4-2-5-11-17)19-14-8-9-15-23-19/h2,4-5,8-11,14-15,18,21H,3,6-7,12-13,16H2,1H3,(H2,24,25,28)/t21-/m0/s1. The van der Waals surface area contributed by atoms with E-state index in [0.29, 0.717) is 0 Å². The molecule has 6 heteroatoms. The molecule has 1 aliphatic rings. The molecule has 2 N–H and O–H groups in total. The monoisotopic (exact) mass is 380 g/mol. The Bertz CT molecular complexity index is 721. The van der Waals surface area contributed by atoms with Gasteiger partial charge in [-0.2, -0.15) is 0 Å². The molecule has 1 aromatic heterocycles. The molecular formula is C22H28N4O2. The third-order valence-corrected chi connectivity index (χ3v) is 5.20. The second-order valence-electron chi connectivity index (χ2n) is 7.23. The lowest BCUT2D eigenvalue weighted by Crippen LogP contribution is -2.47.